The Bertz CT molecular complexity index is 1050. The minimum Gasteiger partial charge on any atom is -1.00 e. The fourth-order valence-electron chi connectivity index (χ4n) is 4.03. The van der Waals surface area contributed by atoms with E-state index in [1.165, 1.54) is 7.11 Å². The molecule has 0 amide bonds. The van der Waals surface area contributed by atoms with Crippen molar-refractivity contribution >= 4 is 29.1 Å². The number of carbonyl (C=O) groups is 1. The summed E-state index contributed by atoms with van der Waals surface area (Å²) in [5, 5.41) is 15.3. The molecule has 0 bridgehead atoms. The van der Waals surface area contributed by atoms with Crippen LogP contribution in [0.25, 0.3) is 0 Å². The van der Waals surface area contributed by atoms with Gasteiger partial charge in [-0.3, -0.25) is 0 Å². The van der Waals surface area contributed by atoms with Crippen LogP contribution in [0.4, 0.5) is 0 Å². The van der Waals surface area contributed by atoms with Crippen molar-refractivity contribution in [3.8, 4) is 0 Å². The third kappa shape index (κ3) is 4.40. The maximum atomic E-state index is 12.2. The van der Waals surface area contributed by atoms with Gasteiger partial charge in [-0.05, 0) is 48.5 Å². The average Bonchev–Trinajstić information content (AvgIpc) is 2.86. The molecule has 1 atom stereocenters. The molecule has 0 aliphatic heterocycles. The average molecular weight is 507 g/mol. The second-order valence-corrected chi connectivity index (χ2v) is 10.7. The molecule has 0 fully saturated rings. The van der Waals surface area contributed by atoms with E-state index in [9.17, 15) is 9.90 Å². The van der Waals surface area contributed by atoms with E-state index < -0.39 is 19.1 Å². The Labute approximate surface area is 199 Å². The Morgan fingerprint density at radius 2 is 1.16 bits per heavy atom. The topological polar surface area (TPSA) is 46.5 Å². The molecule has 0 saturated carbocycles. The number of methoxy groups -OCH3 is 1. The van der Waals surface area contributed by atoms with Crippen LogP contribution in [-0.2, 0) is 4.74 Å². The standard InChI is InChI=1S/C27H24O3P.BrH/c1-30-26(28)21-12-11-13-22(20-21)27(29)31(23-14-5-2-6-15-23,24-16-7-3-8-17-24)25-18-9-4-10-19-25;/h2-20,27,29H,1H3;1H/q+1;/p-1. The van der Waals surface area contributed by atoms with Crippen LogP contribution in [0.1, 0.15) is 21.8 Å². The van der Waals surface area contributed by atoms with Crippen LogP contribution in [0.2, 0.25) is 0 Å². The molecule has 0 aromatic heterocycles. The third-order valence-corrected chi connectivity index (χ3v) is 9.83. The van der Waals surface area contributed by atoms with E-state index in [-0.39, 0.29) is 17.0 Å². The van der Waals surface area contributed by atoms with Crippen LogP contribution in [0.5, 0.6) is 0 Å². The van der Waals surface area contributed by atoms with E-state index in [1.807, 2.05) is 60.7 Å². The fourth-order valence-corrected chi connectivity index (χ4v) is 8.30. The third-order valence-electron chi connectivity index (χ3n) is 5.46. The highest BCUT2D eigenvalue weighted by Gasteiger charge is 2.52. The van der Waals surface area contributed by atoms with Gasteiger partial charge in [0.15, 0.2) is 0 Å². The molecule has 32 heavy (non-hydrogen) atoms. The summed E-state index contributed by atoms with van der Waals surface area (Å²) in [6, 6.07) is 37.6. The predicted molar refractivity (Wildman–Crippen MR) is 128 cm³/mol. The van der Waals surface area contributed by atoms with Crippen molar-refractivity contribution in [2.24, 2.45) is 0 Å². The minimum atomic E-state index is -2.52. The summed E-state index contributed by atoms with van der Waals surface area (Å²) >= 11 is 0. The minimum absolute atomic E-state index is 0. The first-order valence-corrected chi connectivity index (χ1v) is 12.0. The van der Waals surface area contributed by atoms with Crippen molar-refractivity contribution in [1.29, 1.82) is 0 Å². The molecular weight excluding hydrogens is 483 g/mol. The molecule has 0 spiro atoms. The van der Waals surface area contributed by atoms with Crippen LogP contribution in [-0.4, -0.2) is 18.2 Å². The lowest BCUT2D eigenvalue weighted by molar-refractivity contribution is -0.0000217. The lowest BCUT2D eigenvalue weighted by Gasteiger charge is -2.32. The molecule has 0 heterocycles. The van der Waals surface area contributed by atoms with E-state index in [0.717, 1.165) is 15.9 Å². The lowest BCUT2D eigenvalue weighted by atomic mass is 10.1. The van der Waals surface area contributed by atoms with Gasteiger partial charge in [0, 0.05) is 5.56 Å². The number of halogens is 1. The summed E-state index contributed by atoms with van der Waals surface area (Å²) in [5.74, 6) is -1.26. The molecule has 1 unspecified atom stereocenters. The molecule has 0 saturated heterocycles. The number of esters is 1. The second kappa shape index (κ2) is 10.7. The molecule has 5 heteroatoms. The number of aliphatic hydroxyl groups excluding tert-OH is 1. The first kappa shape index (κ1) is 23.9. The fraction of sp³-hybridized carbons (Fsp3) is 0.0741. The second-order valence-electron chi connectivity index (χ2n) is 7.22. The summed E-state index contributed by atoms with van der Waals surface area (Å²) < 4.78 is 4.90. The zero-order chi connectivity index (χ0) is 21.7. The molecule has 4 aromatic rings. The summed E-state index contributed by atoms with van der Waals surface area (Å²) in [6.45, 7) is 0. The van der Waals surface area contributed by atoms with E-state index in [0.29, 0.717) is 11.1 Å². The van der Waals surface area contributed by atoms with Gasteiger partial charge in [0.1, 0.15) is 23.2 Å². The predicted octanol–water partition coefficient (Wildman–Crippen LogP) is 1.46. The number of rotatable bonds is 6. The maximum absolute atomic E-state index is 12.2. The monoisotopic (exact) mass is 506 g/mol. The molecule has 0 radical (unpaired) electrons. The number of carbonyl (C=O) groups excluding carboxylic acids is 1. The quantitative estimate of drug-likeness (QED) is 0.318. The molecule has 3 nitrogen and oxygen atoms in total. The largest absolute Gasteiger partial charge is 1.00 e. The highest BCUT2D eigenvalue weighted by atomic mass is 79.9. The zero-order valence-electron chi connectivity index (χ0n) is 17.6. The molecule has 162 valence electrons. The van der Waals surface area contributed by atoms with Gasteiger partial charge in [-0.2, -0.15) is 0 Å². The molecule has 4 aromatic carbocycles. The summed E-state index contributed by atoms with van der Waals surface area (Å²) in [5.41, 5.74) is 1.11. The van der Waals surface area contributed by atoms with Gasteiger partial charge in [0.2, 0.25) is 5.85 Å². The van der Waals surface area contributed by atoms with Gasteiger partial charge in [0.25, 0.3) is 0 Å². The number of hydrogen-bond acceptors (Lipinski definition) is 3. The van der Waals surface area contributed by atoms with Crippen molar-refractivity contribution in [2.75, 3.05) is 7.11 Å². The molecule has 0 aliphatic rings. The van der Waals surface area contributed by atoms with Crippen LogP contribution in [0, 0.1) is 0 Å². The Balaban J connectivity index is 0.00000289. The highest BCUT2D eigenvalue weighted by molar-refractivity contribution is 7.95. The van der Waals surface area contributed by atoms with Crippen LogP contribution < -0.4 is 32.9 Å². The Hall–Kier alpha value is -2.78. The van der Waals surface area contributed by atoms with E-state index >= 15 is 0 Å². The van der Waals surface area contributed by atoms with Gasteiger partial charge in [-0.1, -0.05) is 66.7 Å². The van der Waals surface area contributed by atoms with Crippen LogP contribution >= 0.6 is 7.26 Å². The molecular formula is C27H24BrO3P. The molecule has 4 rings (SSSR count). The van der Waals surface area contributed by atoms with Crippen LogP contribution in [0.15, 0.2) is 115 Å². The van der Waals surface area contributed by atoms with Gasteiger partial charge in [-0.25, -0.2) is 4.79 Å². The van der Waals surface area contributed by atoms with Crippen molar-refractivity contribution in [3.05, 3.63) is 126 Å². The normalized spacial score (nSPS) is 11.8. The highest BCUT2D eigenvalue weighted by Crippen LogP contribution is 2.65. The molecule has 1 N–H and O–H groups in total. The van der Waals surface area contributed by atoms with Gasteiger partial charge in [0.05, 0.1) is 12.7 Å². The zero-order valence-corrected chi connectivity index (χ0v) is 20.1. The lowest BCUT2D eigenvalue weighted by Crippen LogP contribution is -3.00. The van der Waals surface area contributed by atoms with Gasteiger partial charge < -0.3 is 26.8 Å². The number of benzene rings is 4. The van der Waals surface area contributed by atoms with E-state index in [1.54, 1.807) is 18.2 Å². The SMILES string of the molecule is COC(=O)c1cccc(C(O)[P+](c2ccccc2)(c2ccccc2)c2ccccc2)c1.[Br-]. The van der Waals surface area contributed by atoms with Crippen molar-refractivity contribution in [2.45, 2.75) is 5.85 Å². The van der Waals surface area contributed by atoms with E-state index in [2.05, 4.69) is 36.4 Å². The van der Waals surface area contributed by atoms with Gasteiger partial charge >= 0.3 is 5.97 Å². The Morgan fingerprint density at radius 3 is 1.56 bits per heavy atom. The van der Waals surface area contributed by atoms with Crippen molar-refractivity contribution < 1.29 is 31.6 Å². The maximum Gasteiger partial charge on any atom is 0.337 e. The summed E-state index contributed by atoms with van der Waals surface area (Å²) in [4.78, 5) is 12.2. The van der Waals surface area contributed by atoms with Crippen molar-refractivity contribution in [1.82, 2.24) is 0 Å². The Morgan fingerprint density at radius 1 is 0.719 bits per heavy atom. The first-order chi connectivity index (χ1) is 15.2. The Kier molecular flexibility index (Phi) is 7.98. The molecule has 0 aliphatic carbocycles. The number of hydrogen-bond donors (Lipinski definition) is 1. The number of aliphatic hydroxyl groups is 1. The van der Waals surface area contributed by atoms with Gasteiger partial charge in [-0.15, -0.1) is 0 Å². The van der Waals surface area contributed by atoms with Crippen LogP contribution in [0.3, 0.4) is 0 Å². The summed E-state index contributed by atoms with van der Waals surface area (Å²) in [7, 11) is -1.16. The number of ether oxygens (including phenoxy) is 1. The first-order valence-electron chi connectivity index (χ1n) is 10.1. The smallest absolute Gasteiger partial charge is 0.337 e. The van der Waals surface area contributed by atoms with Crippen molar-refractivity contribution in [3.63, 3.8) is 0 Å². The summed E-state index contributed by atoms with van der Waals surface area (Å²) in [6.07, 6.45) is 0. The van der Waals surface area contributed by atoms with E-state index in [4.69, 9.17) is 4.74 Å².